The van der Waals surface area contributed by atoms with Gasteiger partial charge < -0.3 is 0 Å². The van der Waals surface area contributed by atoms with Crippen molar-refractivity contribution in [2.75, 3.05) is 0 Å². The van der Waals surface area contributed by atoms with Gasteiger partial charge in [0.1, 0.15) is 0 Å². The van der Waals surface area contributed by atoms with Gasteiger partial charge in [0.05, 0.1) is 17.0 Å². The maximum absolute atomic E-state index is 12.8. The number of hydrogen-bond donors (Lipinski definition) is 0. The molecule has 126 valence electrons. The lowest BCUT2D eigenvalue weighted by Gasteiger charge is -2.22. The number of carbonyl (C=O) groups excluding carboxylic acids is 1. The summed E-state index contributed by atoms with van der Waals surface area (Å²) in [4.78, 5) is 21.8. The van der Waals surface area contributed by atoms with E-state index in [4.69, 9.17) is 0 Å². The van der Waals surface area contributed by atoms with Crippen molar-refractivity contribution < 1.29 is 4.79 Å². The summed E-state index contributed by atoms with van der Waals surface area (Å²) in [6.45, 7) is 5.77. The largest absolute Gasteiger partial charge is 0.294 e. The second-order valence-corrected chi connectivity index (χ2v) is 6.71. The van der Waals surface area contributed by atoms with Gasteiger partial charge in [-0.15, -0.1) is 0 Å². The van der Waals surface area contributed by atoms with Gasteiger partial charge in [-0.2, -0.15) is 5.10 Å². The van der Waals surface area contributed by atoms with Crippen molar-refractivity contribution in [2.45, 2.75) is 39.5 Å². The molecule has 1 atom stereocenters. The summed E-state index contributed by atoms with van der Waals surface area (Å²) in [5, 5.41) is 4.59. The molecule has 5 heteroatoms. The van der Waals surface area contributed by atoms with E-state index in [-0.39, 0.29) is 11.7 Å². The van der Waals surface area contributed by atoms with E-state index in [0.717, 1.165) is 34.8 Å². The Balaban J connectivity index is 1.83. The highest BCUT2D eigenvalue weighted by Gasteiger charge is 2.32. The third kappa shape index (κ3) is 2.76. The zero-order valence-electron chi connectivity index (χ0n) is 14.7. The van der Waals surface area contributed by atoms with Crippen LogP contribution in [-0.4, -0.2) is 25.5 Å². The normalized spacial score (nSPS) is 16.8. The van der Waals surface area contributed by atoms with Gasteiger partial charge in [0, 0.05) is 17.8 Å². The lowest BCUT2D eigenvalue weighted by molar-refractivity contribution is 0.0963. The zero-order valence-corrected chi connectivity index (χ0v) is 14.7. The molecule has 1 aliphatic rings. The molecule has 4 rings (SSSR count). The van der Waals surface area contributed by atoms with Crippen LogP contribution in [0.4, 0.5) is 0 Å². The van der Waals surface area contributed by atoms with E-state index in [0.29, 0.717) is 12.4 Å². The second-order valence-electron chi connectivity index (χ2n) is 6.71. The Bertz CT molecular complexity index is 939. The van der Waals surface area contributed by atoms with E-state index in [9.17, 15) is 4.79 Å². The molecule has 0 saturated carbocycles. The van der Waals surface area contributed by atoms with Crippen LogP contribution in [0.1, 0.15) is 51.0 Å². The van der Waals surface area contributed by atoms with Crippen molar-refractivity contribution in [1.29, 1.82) is 0 Å². The zero-order chi connectivity index (χ0) is 17.6. The fourth-order valence-electron chi connectivity index (χ4n) is 3.69. The fraction of sp³-hybridized carbons (Fsp3) is 0.300. The molecule has 2 aromatic heterocycles. The van der Waals surface area contributed by atoms with Crippen LogP contribution in [0.2, 0.25) is 0 Å². The molecule has 3 aromatic rings. The molecule has 1 aromatic carbocycles. The van der Waals surface area contributed by atoms with Gasteiger partial charge in [-0.1, -0.05) is 30.3 Å². The molecule has 0 aliphatic heterocycles. The number of nitrogens with zero attached hydrogens (tertiary/aromatic N) is 4. The van der Waals surface area contributed by atoms with Gasteiger partial charge in [-0.25, -0.2) is 14.6 Å². The minimum absolute atomic E-state index is 0.156. The van der Waals surface area contributed by atoms with Crippen LogP contribution in [0.3, 0.4) is 0 Å². The Kier molecular flexibility index (Phi) is 3.71. The fourth-order valence-corrected chi connectivity index (χ4v) is 3.69. The van der Waals surface area contributed by atoms with E-state index in [1.165, 1.54) is 5.56 Å². The molecule has 1 aliphatic carbocycles. The lowest BCUT2D eigenvalue weighted by atomic mass is 9.81. The summed E-state index contributed by atoms with van der Waals surface area (Å²) >= 11 is 0. The number of benzene rings is 1. The second kappa shape index (κ2) is 5.92. The molecular weight excluding hydrogens is 312 g/mol. The van der Waals surface area contributed by atoms with Crippen molar-refractivity contribution in [3.05, 3.63) is 70.3 Å². The molecule has 0 radical (unpaired) electrons. The molecule has 0 bridgehead atoms. The van der Waals surface area contributed by atoms with Gasteiger partial charge in [-0.05, 0) is 44.7 Å². The first-order valence-corrected chi connectivity index (χ1v) is 8.52. The summed E-state index contributed by atoms with van der Waals surface area (Å²) in [6.07, 6.45) is 1.29. The number of fused-ring (bicyclic) bond motifs is 1. The van der Waals surface area contributed by atoms with Gasteiger partial charge >= 0.3 is 0 Å². The van der Waals surface area contributed by atoms with Crippen LogP contribution in [0, 0.1) is 20.8 Å². The minimum Gasteiger partial charge on any atom is -0.294 e. The summed E-state index contributed by atoms with van der Waals surface area (Å²) in [5.74, 6) is 0.869. The topological polar surface area (TPSA) is 60.7 Å². The maximum Gasteiger partial charge on any atom is 0.251 e. The van der Waals surface area contributed by atoms with Gasteiger partial charge in [0.25, 0.3) is 5.95 Å². The van der Waals surface area contributed by atoms with Crippen LogP contribution < -0.4 is 0 Å². The van der Waals surface area contributed by atoms with E-state index >= 15 is 0 Å². The summed E-state index contributed by atoms with van der Waals surface area (Å²) < 4.78 is 1.76. The number of ketones is 1. The Hall–Kier alpha value is -2.82. The molecule has 0 fully saturated rings. The molecule has 0 spiro atoms. The van der Waals surface area contributed by atoms with Gasteiger partial charge in [0.2, 0.25) is 0 Å². The van der Waals surface area contributed by atoms with E-state index in [1.807, 2.05) is 45.0 Å². The Morgan fingerprint density at radius 3 is 2.36 bits per heavy atom. The van der Waals surface area contributed by atoms with E-state index < -0.39 is 0 Å². The number of aromatic nitrogens is 4. The number of aryl methyl sites for hydroxylation is 3. The molecule has 2 heterocycles. The van der Waals surface area contributed by atoms with E-state index in [2.05, 4.69) is 27.2 Å². The quantitative estimate of drug-likeness (QED) is 0.720. The Morgan fingerprint density at radius 1 is 1.00 bits per heavy atom. The predicted octanol–water partition coefficient (Wildman–Crippen LogP) is 3.50. The summed E-state index contributed by atoms with van der Waals surface area (Å²) in [6, 6.07) is 12.1. The van der Waals surface area contributed by atoms with Crippen molar-refractivity contribution in [3.63, 3.8) is 0 Å². The maximum atomic E-state index is 12.8. The van der Waals surface area contributed by atoms with Crippen LogP contribution in [-0.2, 0) is 6.42 Å². The van der Waals surface area contributed by atoms with Crippen LogP contribution in [0.5, 0.6) is 0 Å². The van der Waals surface area contributed by atoms with Crippen molar-refractivity contribution in [2.24, 2.45) is 0 Å². The third-order valence-corrected chi connectivity index (χ3v) is 4.74. The van der Waals surface area contributed by atoms with Crippen LogP contribution in [0.15, 0.2) is 36.4 Å². The molecule has 0 saturated heterocycles. The van der Waals surface area contributed by atoms with Crippen molar-refractivity contribution in [1.82, 2.24) is 19.7 Å². The molecular formula is C20H20N4O. The van der Waals surface area contributed by atoms with Gasteiger partial charge in [0.15, 0.2) is 5.78 Å². The summed E-state index contributed by atoms with van der Waals surface area (Å²) in [5.41, 5.74) is 5.40. The SMILES string of the molecule is Cc1cc(C)nc(-n2nc(C)c3c2C[C@@H](c2ccccc2)CC3=O)n1. The molecule has 0 unspecified atom stereocenters. The third-order valence-electron chi connectivity index (χ3n) is 4.74. The molecule has 0 amide bonds. The Morgan fingerprint density at radius 2 is 1.68 bits per heavy atom. The lowest BCUT2D eigenvalue weighted by Crippen LogP contribution is -2.21. The highest BCUT2D eigenvalue weighted by molar-refractivity contribution is 6.00. The first kappa shape index (κ1) is 15.7. The molecule has 5 nitrogen and oxygen atoms in total. The monoisotopic (exact) mass is 332 g/mol. The molecule has 0 N–H and O–H groups in total. The predicted molar refractivity (Wildman–Crippen MR) is 95.2 cm³/mol. The van der Waals surface area contributed by atoms with Crippen molar-refractivity contribution in [3.8, 4) is 5.95 Å². The standard InChI is InChI=1S/C20H20N4O/c1-12-9-13(2)22-20(21-12)24-17-10-16(15-7-5-4-6-8-15)11-18(25)19(17)14(3)23-24/h4-9,16H,10-11H2,1-3H3/t16-/m1/s1. The highest BCUT2D eigenvalue weighted by atomic mass is 16.1. The average molecular weight is 332 g/mol. The molecule has 25 heavy (non-hydrogen) atoms. The number of Topliss-reactive ketones (excluding diaryl/α,β-unsaturated/α-hetero) is 1. The van der Waals surface area contributed by atoms with E-state index in [1.54, 1.807) is 4.68 Å². The summed E-state index contributed by atoms with van der Waals surface area (Å²) in [7, 11) is 0. The number of carbonyl (C=O) groups is 1. The minimum atomic E-state index is 0.156. The Labute approximate surface area is 146 Å². The first-order chi connectivity index (χ1) is 12.0. The number of rotatable bonds is 2. The average Bonchev–Trinajstić information content (AvgIpc) is 2.92. The van der Waals surface area contributed by atoms with Gasteiger partial charge in [-0.3, -0.25) is 4.79 Å². The first-order valence-electron chi connectivity index (χ1n) is 8.52. The van der Waals surface area contributed by atoms with Crippen molar-refractivity contribution >= 4 is 5.78 Å². The van der Waals surface area contributed by atoms with Crippen LogP contribution in [0.25, 0.3) is 5.95 Å². The number of hydrogen-bond acceptors (Lipinski definition) is 4. The smallest absolute Gasteiger partial charge is 0.251 e. The van der Waals surface area contributed by atoms with Crippen LogP contribution >= 0.6 is 0 Å². The highest BCUT2D eigenvalue weighted by Crippen LogP contribution is 2.34.